The Morgan fingerprint density at radius 3 is 1.67 bits per heavy atom. The SMILES string of the molecule is [B]C(CC)(OCCC)OCCC. The molecule has 2 nitrogen and oxygen atoms in total. The Labute approximate surface area is 77.0 Å². The summed E-state index contributed by atoms with van der Waals surface area (Å²) >= 11 is 0. The first kappa shape index (κ1) is 12.0. The fourth-order valence-electron chi connectivity index (χ4n) is 0.795. The highest BCUT2D eigenvalue weighted by Gasteiger charge is 2.21. The Hall–Kier alpha value is -0.0151. The van der Waals surface area contributed by atoms with Crippen molar-refractivity contribution in [1.29, 1.82) is 0 Å². The van der Waals surface area contributed by atoms with E-state index < -0.39 is 5.69 Å². The Morgan fingerprint density at radius 1 is 1.00 bits per heavy atom. The summed E-state index contributed by atoms with van der Waals surface area (Å²) in [6.07, 6.45) is 2.62. The van der Waals surface area contributed by atoms with E-state index in [1.807, 2.05) is 6.92 Å². The molecule has 0 aromatic heterocycles. The van der Waals surface area contributed by atoms with Crippen LogP contribution in [0.2, 0.25) is 0 Å². The van der Waals surface area contributed by atoms with E-state index in [9.17, 15) is 0 Å². The van der Waals surface area contributed by atoms with Crippen molar-refractivity contribution in [3.05, 3.63) is 0 Å². The quantitative estimate of drug-likeness (QED) is 0.430. The molecule has 0 aliphatic heterocycles. The minimum absolute atomic E-state index is 0.661. The molecule has 0 unspecified atom stereocenters. The van der Waals surface area contributed by atoms with Crippen LogP contribution in [0.15, 0.2) is 0 Å². The van der Waals surface area contributed by atoms with Crippen LogP contribution in [0.25, 0.3) is 0 Å². The van der Waals surface area contributed by atoms with Crippen molar-refractivity contribution in [2.75, 3.05) is 13.2 Å². The zero-order valence-corrected chi connectivity index (χ0v) is 8.43. The van der Waals surface area contributed by atoms with Crippen molar-refractivity contribution in [3.63, 3.8) is 0 Å². The van der Waals surface area contributed by atoms with E-state index in [2.05, 4.69) is 13.8 Å². The van der Waals surface area contributed by atoms with E-state index in [0.29, 0.717) is 19.6 Å². The van der Waals surface area contributed by atoms with Gasteiger partial charge in [-0.05, 0) is 19.3 Å². The van der Waals surface area contributed by atoms with Crippen LogP contribution >= 0.6 is 0 Å². The maximum absolute atomic E-state index is 5.82. The van der Waals surface area contributed by atoms with E-state index >= 15 is 0 Å². The largest absolute Gasteiger partial charge is 0.360 e. The average molecular weight is 170 g/mol. The molecular formula is C9H19BO2. The van der Waals surface area contributed by atoms with Gasteiger partial charge in [0.05, 0.1) is 0 Å². The molecule has 70 valence electrons. The van der Waals surface area contributed by atoms with Gasteiger partial charge in [0.15, 0.2) is 7.85 Å². The summed E-state index contributed by atoms with van der Waals surface area (Å²) in [5, 5.41) is 0. The molecule has 0 saturated carbocycles. The molecule has 0 amide bonds. The average Bonchev–Trinajstić information content (AvgIpc) is 2.11. The summed E-state index contributed by atoms with van der Waals surface area (Å²) < 4.78 is 10.8. The molecule has 0 rings (SSSR count). The van der Waals surface area contributed by atoms with Crippen molar-refractivity contribution in [1.82, 2.24) is 0 Å². The zero-order chi connectivity index (χ0) is 9.45. The van der Waals surface area contributed by atoms with Gasteiger partial charge in [0.25, 0.3) is 0 Å². The molecule has 2 radical (unpaired) electrons. The molecule has 0 bridgehead atoms. The second-order valence-corrected chi connectivity index (χ2v) is 2.86. The first-order valence-electron chi connectivity index (χ1n) is 4.75. The van der Waals surface area contributed by atoms with Gasteiger partial charge < -0.3 is 9.47 Å². The summed E-state index contributed by atoms with van der Waals surface area (Å²) in [6, 6.07) is 0. The Bertz CT molecular complexity index is 98.7. The molecule has 0 aliphatic carbocycles. The molecule has 0 saturated heterocycles. The summed E-state index contributed by atoms with van der Waals surface area (Å²) in [4.78, 5) is 0. The van der Waals surface area contributed by atoms with E-state index in [4.69, 9.17) is 17.3 Å². The van der Waals surface area contributed by atoms with Crippen LogP contribution in [0.5, 0.6) is 0 Å². The molecule has 0 fully saturated rings. The third-order valence-corrected chi connectivity index (χ3v) is 1.59. The van der Waals surface area contributed by atoms with Crippen molar-refractivity contribution in [2.24, 2.45) is 0 Å². The lowest BCUT2D eigenvalue weighted by Crippen LogP contribution is -2.36. The maximum atomic E-state index is 5.82. The predicted octanol–water partition coefficient (Wildman–Crippen LogP) is 2.07. The molecule has 12 heavy (non-hydrogen) atoms. The van der Waals surface area contributed by atoms with Crippen LogP contribution in [0.4, 0.5) is 0 Å². The topological polar surface area (TPSA) is 18.5 Å². The van der Waals surface area contributed by atoms with Crippen molar-refractivity contribution >= 4 is 7.85 Å². The van der Waals surface area contributed by atoms with Gasteiger partial charge >= 0.3 is 0 Å². The lowest BCUT2D eigenvalue weighted by Gasteiger charge is -2.29. The van der Waals surface area contributed by atoms with E-state index in [1.54, 1.807) is 0 Å². The standard InChI is InChI=1S/C9H19BO2/c1-4-7-11-9(10,6-3)12-8-5-2/h4-8H2,1-3H3. The molecule has 0 heterocycles. The van der Waals surface area contributed by atoms with Gasteiger partial charge in [-0.15, -0.1) is 0 Å². The van der Waals surface area contributed by atoms with Gasteiger partial charge in [0, 0.05) is 13.2 Å². The monoisotopic (exact) mass is 170 g/mol. The number of hydrogen-bond donors (Lipinski definition) is 0. The van der Waals surface area contributed by atoms with Crippen molar-refractivity contribution < 1.29 is 9.47 Å². The smallest absolute Gasteiger partial charge is 0.154 e. The molecule has 0 aromatic rings. The second-order valence-electron chi connectivity index (χ2n) is 2.86. The Balaban J connectivity index is 3.70. The van der Waals surface area contributed by atoms with E-state index in [0.717, 1.165) is 12.8 Å². The number of ether oxygens (including phenoxy) is 2. The second kappa shape index (κ2) is 6.50. The van der Waals surface area contributed by atoms with E-state index in [-0.39, 0.29) is 0 Å². The fraction of sp³-hybridized carbons (Fsp3) is 1.00. The first-order chi connectivity index (χ1) is 5.68. The third kappa shape index (κ3) is 4.78. The van der Waals surface area contributed by atoms with Gasteiger partial charge in [0.1, 0.15) is 5.69 Å². The highest BCUT2D eigenvalue weighted by molar-refractivity contribution is 6.13. The van der Waals surface area contributed by atoms with Crippen LogP contribution in [-0.4, -0.2) is 26.7 Å². The van der Waals surface area contributed by atoms with Crippen LogP contribution in [0, 0.1) is 0 Å². The first-order valence-corrected chi connectivity index (χ1v) is 4.75. The zero-order valence-electron chi connectivity index (χ0n) is 8.43. The summed E-state index contributed by atoms with van der Waals surface area (Å²) in [6.45, 7) is 7.39. The highest BCUT2D eigenvalue weighted by Crippen LogP contribution is 2.13. The Kier molecular flexibility index (Phi) is 6.49. The van der Waals surface area contributed by atoms with Gasteiger partial charge in [-0.1, -0.05) is 20.8 Å². The van der Waals surface area contributed by atoms with Gasteiger partial charge in [0.2, 0.25) is 0 Å². The lowest BCUT2D eigenvalue weighted by molar-refractivity contribution is -0.179. The molecule has 0 spiro atoms. The minimum Gasteiger partial charge on any atom is -0.360 e. The predicted molar refractivity (Wildman–Crippen MR) is 51.3 cm³/mol. The summed E-state index contributed by atoms with van der Waals surface area (Å²) in [5.41, 5.74) is -0.855. The maximum Gasteiger partial charge on any atom is 0.154 e. The minimum atomic E-state index is -0.855. The lowest BCUT2D eigenvalue weighted by atomic mass is 9.91. The highest BCUT2D eigenvalue weighted by atomic mass is 16.7. The molecule has 0 N–H and O–H groups in total. The fourth-order valence-corrected chi connectivity index (χ4v) is 0.795. The van der Waals surface area contributed by atoms with Crippen LogP contribution in [-0.2, 0) is 9.47 Å². The van der Waals surface area contributed by atoms with Gasteiger partial charge in [-0.25, -0.2) is 0 Å². The molecule has 3 heteroatoms. The Morgan fingerprint density at radius 2 is 1.42 bits per heavy atom. The van der Waals surface area contributed by atoms with Crippen LogP contribution in [0.3, 0.4) is 0 Å². The van der Waals surface area contributed by atoms with Crippen molar-refractivity contribution in [3.8, 4) is 0 Å². The van der Waals surface area contributed by atoms with Gasteiger partial charge in [-0.2, -0.15) is 0 Å². The number of hydrogen-bond acceptors (Lipinski definition) is 2. The summed E-state index contributed by atoms with van der Waals surface area (Å²) in [7, 11) is 5.82. The van der Waals surface area contributed by atoms with Crippen LogP contribution < -0.4 is 0 Å². The summed E-state index contributed by atoms with van der Waals surface area (Å²) in [5.74, 6) is 0. The third-order valence-electron chi connectivity index (χ3n) is 1.59. The normalized spacial score (nSPS) is 11.9. The van der Waals surface area contributed by atoms with E-state index in [1.165, 1.54) is 0 Å². The molecular weight excluding hydrogens is 151 g/mol. The van der Waals surface area contributed by atoms with Crippen molar-refractivity contribution in [2.45, 2.75) is 45.7 Å². The molecule has 0 aliphatic rings. The van der Waals surface area contributed by atoms with Crippen LogP contribution in [0.1, 0.15) is 40.0 Å². The molecule has 0 atom stereocenters. The van der Waals surface area contributed by atoms with Gasteiger partial charge in [-0.3, -0.25) is 0 Å². The molecule has 0 aromatic carbocycles. The number of rotatable bonds is 7.